The molecular formula is C31H27BrF3N7O2. The first-order valence-electron chi connectivity index (χ1n) is 13.8. The molecule has 9 nitrogen and oxygen atoms in total. The number of aromatic nitrogens is 6. The molecule has 0 radical (unpaired) electrons. The van der Waals surface area contributed by atoms with Crippen LogP contribution in [0.5, 0.6) is 0 Å². The van der Waals surface area contributed by atoms with Gasteiger partial charge in [-0.2, -0.15) is 23.4 Å². The molecule has 0 fully saturated rings. The van der Waals surface area contributed by atoms with E-state index in [0.717, 1.165) is 28.6 Å². The number of rotatable bonds is 4. The van der Waals surface area contributed by atoms with Gasteiger partial charge < -0.3 is 4.90 Å². The first-order valence-corrected chi connectivity index (χ1v) is 14.6. The van der Waals surface area contributed by atoms with Crippen LogP contribution in [-0.2, 0) is 26.2 Å². The van der Waals surface area contributed by atoms with Crippen LogP contribution < -0.4 is 5.56 Å². The third-order valence-electron chi connectivity index (χ3n) is 7.74. The highest BCUT2D eigenvalue weighted by Crippen LogP contribution is 2.36. The minimum atomic E-state index is -4.63. The average molecular weight is 667 g/mol. The summed E-state index contributed by atoms with van der Waals surface area (Å²) in [6, 6.07) is 12.3. The standard InChI is InChI=1S/C31H27BrF3N7O2/c1-17-11-19(3)42(38-17)30-37-27-16-40(28(43)21-7-10-26(32)25(13-21)31(33,34)35)18(2)12-24(27)29(44)41(30)23-8-5-20(6-9-23)22-14-36-39(4)15-22/h5-11,13-15,18H,12,16H2,1-4H3/t18-/m1/s1. The van der Waals surface area contributed by atoms with Gasteiger partial charge in [0.1, 0.15) is 0 Å². The molecule has 0 saturated carbocycles. The summed E-state index contributed by atoms with van der Waals surface area (Å²) in [6.45, 7) is 5.41. The largest absolute Gasteiger partial charge is 0.417 e. The van der Waals surface area contributed by atoms with Crippen LogP contribution in [0.15, 0.2) is 70.2 Å². The van der Waals surface area contributed by atoms with Gasteiger partial charge in [-0.25, -0.2) is 14.2 Å². The van der Waals surface area contributed by atoms with Crippen molar-refractivity contribution >= 4 is 21.8 Å². The second kappa shape index (κ2) is 10.9. The summed E-state index contributed by atoms with van der Waals surface area (Å²) in [7, 11) is 1.84. The highest BCUT2D eigenvalue weighted by molar-refractivity contribution is 9.10. The van der Waals surface area contributed by atoms with Crippen LogP contribution in [0.3, 0.4) is 0 Å². The second-order valence-corrected chi connectivity index (χ2v) is 11.8. The number of aryl methyl sites for hydroxylation is 3. The van der Waals surface area contributed by atoms with Crippen molar-refractivity contribution in [2.24, 2.45) is 7.05 Å². The SMILES string of the molecule is Cc1cc(C)n(-c2nc3c(c(=O)n2-c2ccc(-c4cnn(C)c4)cc2)C[C@@H](C)N(C(=O)c2ccc(Br)c(C(F)(F)F)c2)C3)n1. The first kappa shape index (κ1) is 29.5. The van der Waals surface area contributed by atoms with Crippen LogP contribution in [0.4, 0.5) is 13.2 Å². The maximum absolute atomic E-state index is 14.2. The number of hydrogen-bond donors (Lipinski definition) is 0. The molecule has 4 heterocycles. The summed E-state index contributed by atoms with van der Waals surface area (Å²) in [4.78, 5) is 34.1. The number of carbonyl (C=O) groups is 1. The van der Waals surface area contributed by atoms with Gasteiger partial charge in [0.15, 0.2) is 0 Å². The molecule has 1 amide bonds. The molecule has 6 rings (SSSR count). The number of benzene rings is 2. The van der Waals surface area contributed by atoms with Gasteiger partial charge in [0.2, 0.25) is 5.95 Å². The number of halogens is 4. The Bertz CT molecular complexity index is 1980. The molecule has 0 bridgehead atoms. The first-order chi connectivity index (χ1) is 20.8. The lowest BCUT2D eigenvalue weighted by Gasteiger charge is -2.34. The second-order valence-electron chi connectivity index (χ2n) is 10.9. The van der Waals surface area contributed by atoms with Crippen LogP contribution >= 0.6 is 15.9 Å². The monoisotopic (exact) mass is 665 g/mol. The fourth-order valence-electron chi connectivity index (χ4n) is 5.54. The Morgan fingerprint density at radius 3 is 2.39 bits per heavy atom. The quantitative estimate of drug-likeness (QED) is 0.242. The van der Waals surface area contributed by atoms with E-state index in [4.69, 9.17) is 4.98 Å². The Morgan fingerprint density at radius 2 is 1.77 bits per heavy atom. The molecule has 1 aliphatic rings. The summed E-state index contributed by atoms with van der Waals surface area (Å²) >= 11 is 2.93. The zero-order chi connectivity index (χ0) is 31.5. The van der Waals surface area contributed by atoms with Gasteiger partial charge in [0.05, 0.1) is 35.4 Å². The lowest BCUT2D eigenvalue weighted by atomic mass is 9.98. The summed E-state index contributed by atoms with van der Waals surface area (Å²) < 4.78 is 45.4. The summed E-state index contributed by atoms with van der Waals surface area (Å²) in [5, 5.41) is 8.80. The van der Waals surface area contributed by atoms with Crippen molar-refractivity contribution in [3.63, 3.8) is 0 Å². The van der Waals surface area contributed by atoms with E-state index in [2.05, 4.69) is 26.1 Å². The molecule has 44 heavy (non-hydrogen) atoms. The zero-order valence-electron chi connectivity index (χ0n) is 24.2. The van der Waals surface area contributed by atoms with E-state index in [1.165, 1.54) is 21.6 Å². The predicted molar refractivity (Wildman–Crippen MR) is 161 cm³/mol. The average Bonchev–Trinajstić information content (AvgIpc) is 3.56. The Labute approximate surface area is 258 Å². The maximum atomic E-state index is 14.2. The van der Waals surface area contributed by atoms with Gasteiger partial charge in [-0.1, -0.05) is 28.1 Å². The molecule has 3 aromatic heterocycles. The molecular weight excluding hydrogens is 639 g/mol. The van der Waals surface area contributed by atoms with E-state index < -0.39 is 23.7 Å². The predicted octanol–water partition coefficient (Wildman–Crippen LogP) is 5.80. The smallest absolute Gasteiger partial charge is 0.330 e. The van der Waals surface area contributed by atoms with Crippen LogP contribution in [0.1, 0.15) is 45.5 Å². The summed E-state index contributed by atoms with van der Waals surface area (Å²) in [5.74, 6) is -0.329. The van der Waals surface area contributed by atoms with Gasteiger partial charge in [-0.05, 0) is 69.2 Å². The lowest BCUT2D eigenvalue weighted by Crippen LogP contribution is -2.46. The Kier molecular flexibility index (Phi) is 7.31. The molecule has 1 atom stereocenters. The van der Waals surface area contributed by atoms with E-state index in [0.29, 0.717) is 16.9 Å². The Balaban J connectivity index is 1.44. The number of hydrogen-bond acceptors (Lipinski definition) is 5. The highest BCUT2D eigenvalue weighted by Gasteiger charge is 2.36. The van der Waals surface area contributed by atoms with Crippen molar-refractivity contribution in [2.75, 3.05) is 0 Å². The molecule has 5 aromatic rings. The molecule has 1 aliphatic heterocycles. The van der Waals surface area contributed by atoms with E-state index >= 15 is 0 Å². The number of amides is 1. The van der Waals surface area contributed by atoms with Gasteiger partial charge >= 0.3 is 6.18 Å². The van der Waals surface area contributed by atoms with E-state index in [1.54, 1.807) is 22.5 Å². The van der Waals surface area contributed by atoms with Crippen molar-refractivity contribution in [1.82, 2.24) is 34.0 Å². The van der Waals surface area contributed by atoms with E-state index in [9.17, 15) is 22.8 Å². The number of alkyl halides is 3. The Hall–Kier alpha value is -4.52. The molecule has 0 saturated heterocycles. The highest BCUT2D eigenvalue weighted by atomic mass is 79.9. The molecule has 0 aliphatic carbocycles. The van der Waals surface area contributed by atoms with E-state index in [-0.39, 0.29) is 34.5 Å². The topological polar surface area (TPSA) is 90.8 Å². The van der Waals surface area contributed by atoms with Crippen LogP contribution in [0, 0.1) is 13.8 Å². The zero-order valence-corrected chi connectivity index (χ0v) is 25.8. The van der Waals surface area contributed by atoms with Gasteiger partial charge in [0.25, 0.3) is 11.5 Å². The van der Waals surface area contributed by atoms with Crippen LogP contribution in [0.25, 0.3) is 22.8 Å². The lowest BCUT2D eigenvalue weighted by molar-refractivity contribution is -0.138. The normalized spacial score (nSPS) is 15.0. The van der Waals surface area contributed by atoms with E-state index in [1.807, 2.05) is 57.4 Å². The van der Waals surface area contributed by atoms with Crippen molar-refractivity contribution in [2.45, 2.75) is 46.0 Å². The van der Waals surface area contributed by atoms with Gasteiger partial charge in [-0.3, -0.25) is 14.3 Å². The van der Waals surface area contributed by atoms with Crippen molar-refractivity contribution in [3.8, 4) is 22.8 Å². The number of nitrogens with zero attached hydrogens (tertiary/aromatic N) is 7. The molecule has 0 N–H and O–H groups in total. The molecule has 0 spiro atoms. The summed E-state index contributed by atoms with van der Waals surface area (Å²) in [5.41, 5.74) is 3.41. The Morgan fingerprint density at radius 1 is 1.05 bits per heavy atom. The number of fused-ring (bicyclic) bond motifs is 1. The fraction of sp³-hybridized carbons (Fsp3) is 0.258. The molecule has 2 aromatic carbocycles. The number of carbonyl (C=O) groups excluding carboxylic acids is 1. The minimum absolute atomic E-state index is 0.0466. The third kappa shape index (κ3) is 5.25. The minimum Gasteiger partial charge on any atom is -0.330 e. The van der Waals surface area contributed by atoms with Crippen LogP contribution in [0.2, 0.25) is 0 Å². The van der Waals surface area contributed by atoms with Gasteiger partial charge in [0, 0.05) is 46.1 Å². The molecule has 13 heteroatoms. The fourth-order valence-corrected chi connectivity index (χ4v) is 6.01. The summed E-state index contributed by atoms with van der Waals surface area (Å²) in [6.07, 6.45) is -0.793. The van der Waals surface area contributed by atoms with Crippen molar-refractivity contribution in [1.29, 1.82) is 0 Å². The molecule has 226 valence electrons. The maximum Gasteiger partial charge on any atom is 0.417 e. The van der Waals surface area contributed by atoms with Crippen molar-refractivity contribution < 1.29 is 18.0 Å². The third-order valence-corrected chi connectivity index (χ3v) is 8.43. The van der Waals surface area contributed by atoms with Crippen molar-refractivity contribution in [3.05, 3.63) is 110 Å². The van der Waals surface area contributed by atoms with Gasteiger partial charge in [-0.15, -0.1) is 0 Å². The van der Waals surface area contributed by atoms with Crippen LogP contribution in [-0.4, -0.2) is 46.0 Å². The molecule has 0 unspecified atom stereocenters.